The molecule has 3 unspecified atom stereocenters. The molecule has 8 heteroatoms. The summed E-state index contributed by atoms with van der Waals surface area (Å²) in [6, 6.07) is 6.01. The molecule has 1 aliphatic carbocycles. The number of ether oxygens (including phenoxy) is 1. The van der Waals surface area contributed by atoms with Gasteiger partial charge in [0.1, 0.15) is 5.82 Å². The first-order valence-corrected chi connectivity index (χ1v) is 8.85. The van der Waals surface area contributed by atoms with Crippen molar-refractivity contribution in [3.05, 3.63) is 70.4 Å². The van der Waals surface area contributed by atoms with Crippen molar-refractivity contribution in [1.82, 2.24) is 9.47 Å². The maximum absolute atomic E-state index is 13.2. The Balaban J connectivity index is 1.73. The lowest BCUT2D eigenvalue weighted by atomic mass is 10.1. The van der Waals surface area contributed by atoms with Crippen molar-refractivity contribution in [2.75, 3.05) is 13.2 Å². The second-order valence-electron chi connectivity index (χ2n) is 6.97. The zero-order chi connectivity index (χ0) is 20.0. The highest BCUT2D eigenvalue weighted by atomic mass is 19.1. The minimum atomic E-state index is -0.634. The maximum Gasteiger partial charge on any atom is 0.275 e. The van der Waals surface area contributed by atoms with Crippen molar-refractivity contribution in [3.8, 4) is 11.5 Å². The van der Waals surface area contributed by atoms with E-state index in [0.29, 0.717) is 18.8 Å². The molecular formula is C20H19FN2O5. The van der Waals surface area contributed by atoms with E-state index in [-0.39, 0.29) is 36.1 Å². The Kier molecular flexibility index (Phi) is 4.43. The predicted molar refractivity (Wildman–Crippen MR) is 97.6 cm³/mol. The number of fused-ring (bicyclic) bond motifs is 3. The summed E-state index contributed by atoms with van der Waals surface area (Å²) in [6.07, 6.45) is 1.61. The van der Waals surface area contributed by atoms with Crippen molar-refractivity contribution in [3.63, 3.8) is 0 Å². The number of hydrogen-bond acceptors (Lipinski definition) is 5. The van der Waals surface area contributed by atoms with E-state index >= 15 is 0 Å². The van der Waals surface area contributed by atoms with Crippen LogP contribution in [0.2, 0.25) is 0 Å². The molecule has 28 heavy (non-hydrogen) atoms. The van der Waals surface area contributed by atoms with Gasteiger partial charge in [-0.3, -0.25) is 14.2 Å². The summed E-state index contributed by atoms with van der Waals surface area (Å²) in [5.74, 6) is -2.35. The summed E-state index contributed by atoms with van der Waals surface area (Å²) in [7, 11) is 0. The lowest BCUT2D eigenvalue weighted by molar-refractivity contribution is 0.0657. The Bertz CT molecular complexity index is 1000. The summed E-state index contributed by atoms with van der Waals surface area (Å²) in [5, 5.41) is 20.1. The standard InChI is InChI=1S/C20H19FN2O5/c1-2-7-28-10-13-16-17(13)23-15(25)8-14(24)19(26)18(23)20(27)22(16)9-11-3-5-12(21)6-4-11/h2-6,8,13,16-17,24,26H,1,7,9-10H2. The van der Waals surface area contributed by atoms with Crippen LogP contribution < -0.4 is 5.56 Å². The van der Waals surface area contributed by atoms with E-state index in [2.05, 4.69) is 6.58 Å². The lowest BCUT2D eigenvalue weighted by Gasteiger charge is -2.29. The minimum Gasteiger partial charge on any atom is -0.504 e. The molecule has 0 spiro atoms. The van der Waals surface area contributed by atoms with Crippen LogP contribution in [0.3, 0.4) is 0 Å². The topological polar surface area (TPSA) is 92.0 Å². The van der Waals surface area contributed by atoms with Crippen LogP contribution in [0.1, 0.15) is 22.1 Å². The molecule has 1 amide bonds. The molecule has 146 valence electrons. The van der Waals surface area contributed by atoms with Crippen LogP contribution in [0.25, 0.3) is 0 Å². The maximum atomic E-state index is 13.2. The normalized spacial score (nSPS) is 22.5. The summed E-state index contributed by atoms with van der Waals surface area (Å²) in [6.45, 7) is 4.42. The molecule has 3 atom stereocenters. The van der Waals surface area contributed by atoms with Crippen molar-refractivity contribution < 1.29 is 24.1 Å². The molecule has 2 N–H and O–H groups in total. The number of carbonyl (C=O) groups excluding carboxylic acids is 1. The molecule has 2 aliphatic rings. The van der Waals surface area contributed by atoms with Crippen LogP contribution in [0.4, 0.5) is 4.39 Å². The first-order chi connectivity index (χ1) is 13.4. The van der Waals surface area contributed by atoms with Crippen LogP contribution in [0.5, 0.6) is 11.5 Å². The number of aromatic nitrogens is 1. The lowest BCUT2D eigenvalue weighted by Crippen LogP contribution is -2.42. The number of amides is 1. The van der Waals surface area contributed by atoms with Gasteiger partial charge in [-0.25, -0.2) is 4.39 Å². The van der Waals surface area contributed by atoms with Gasteiger partial charge in [-0.05, 0) is 17.7 Å². The van der Waals surface area contributed by atoms with Gasteiger partial charge in [0.15, 0.2) is 17.2 Å². The number of carbonyl (C=O) groups is 1. The number of hydrogen-bond donors (Lipinski definition) is 2. The van der Waals surface area contributed by atoms with Crippen LogP contribution in [0, 0.1) is 11.7 Å². The van der Waals surface area contributed by atoms with Crippen molar-refractivity contribution in [1.29, 1.82) is 0 Å². The average Bonchev–Trinajstić information content (AvgIpc) is 3.37. The van der Waals surface area contributed by atoms with E-state index in [4.69, 9.17) is 4.74 Å². The molecule has 2 heterocycles. The van der Waals surface area contributed by atoms with E-state index in [0.717, 1.165) is 6.07 Å². The molecule has 2 aromatic rings. The third kappa shape index (κ3) is 2.86. The second kappa shape index (κ2) is 6.79. The van der Waals surface area contributed by atoms with Gasteiger partial charge in [0.05, 0.1) is 25.3 Å². The molecule has 1 saturated carbocycles. The number of rotatable bonds is 6. The highest BCUT2D eigenvalue weighted by Crippen LogP contribution is 2.52. The summed E-state index contributed by atoms with van der Waals surface area (Å²) < 4.78 is 20.0. The average molecular weight is 386 g/mol. The molecule has 0 bridgehead atoms. The molecule has 1 fully saturated rings. The molecule has 1 aromatic carbocycles. The van der Waals surface area contributed by atoms with Crippen molar-refractivity contribution >= 4 is 5.91 Å². The van der Waals surface area contributed by atoms with Crippen LogP contribution in [0.15, 0.2) is 47.8 Å². The Morgan fingerprint density at radius 3 is 2.57 bits per heavy atom. The van der Waals surface area contributed by atoms with Crippen LogP contribution >= 0.6 is 0 Å². The minimum absolute atomic E-state index is 0.146. The van der Waals surface area contributed by atoms with Gasteiger partial charge in [0.2, 0.25) is 0 Å². The van der Waals surface area contributed by atoms with E-state index in [9.17, 15) is 24.2 Å². The molecule has 7 nitrogen and oxygen atoms in total. The molecular weight excluding hydrogens is 367 g/mol. The molecule has 1 aromatic heterocycles. The third-order valence-electron chi connectivity index (χ3n) is 5.23. The second-order valence-corrected chi connectivity index (χ2v) is 6.97. The molecule has 1 aliphatic heterocycles. The predicted octanol–water partition coefficient (Wildman–Crippen LogP) is 1.80. The molecule has 0 radical (unpaired) electrons. The number of benzene rings is 1. The summed E-state index contributed by atoms with van der Waals surface area (Å²) in [5.41, 5.74) is -0.0810. The van der Waals surface area contributed by atoms with Crippen molar-refractivity contribution in [2.24, 2.45) is 5.92 Å². The third-order valence-corrected chi connectivity index (χ3v) is 5.23. The largest absolute Gasteiger partial charge is 0.504 e. The van der Waals surface area contributed by atoms with Crippen LogP contribution in [-0.4, -0.2) is 44.8 Å². The first-order valence-electron chi connectivity index (χ1n) is 8.85. The molecule has 4 rings (SSSR count). The van der Waals surface area contributed by atoms with E-state index in [1.165, 1.54) is 21.6 Å². The Morgan fingerprint density at radius 1 is 1.18 bits per heavy atom. The summed E-state index contributed by atoms with van der Waals surface area (Å²) in [4.78, 5) is 27.0. The Morgan fingerprint density at radius 2 is 1.89 bits per heavy atom. The Hall–Kier alpha value is -3.13. The zero-order valence-electron chi connectivity index (χ0n) is 14.9. The number of pyridine rings is 1. The fraction of sp³-hybridized carbons (Fsp3) is 0.300. The highest BCUT2D eigenvalue weighted by Gasteiger charge is 2.61. The smallest absolute Gasteiger partial charge is 0.275 e. The fourth-order valence-electron chi connectivity index (χ4n) is 3.92. The Labute approximate surface area is 159 Å². The SMILES string of the molecule is C=CCOCC1C2C1n1c(c(O)c(O)cc1=O)C(=O)N2Cc1ccc(F)cc1. The van der Waals surface area contributed by atoms with Crippen molar-refractivity contribution in [2.45, 2.75) is 18.6 Å². The van der Waals surface area contributed by atoms with E-state index in [1.807, 2.05) is 0 Å². The number of aromatic hydroxyl groups is 2. The zero-order valence-corrected chi connectivity index (χ0v) is 14.9. The van der Waals surface area contributed by atoms with Gasteiger partial charge in [0.25, 0.3) is 11.5 Å². The number of halogens is 1. The van der Waals surface area contributed by atoms with E-state index in [1.54, 1.807) is 18.2 Å². The van der Waals surface area contributed by atoms with Gasteiger partial charge < -0.3 is 19.8 Å². The van der Waals surface area contributed by atoms with Gasteiger partial charge in [0, 0.05) is 18.5 Å². The van der Waals surface area contributed by atoms with Gasteiger partial charge in [-0.1, -0.05) is 18.2 Å². The quantitative estimate of drug-likeness (QED) is 0.583. The van der Waals surface area contributed by atoms with E-state index < -0.39 is 23.0 Å². The van der Waals surface area contributed by atoms with Gasteiger partial charge in [-0.2, -0.15) is 0 Å². The van der Waals surface area contributed by atoms with Gasteiger partial charge >= 0.3 is 0 Å². The van der Waals surface area contributed by atoms with Gasteiger partial charge in [-0.15, -0.1) is 6.58 Å². The fourth-order valence-corrected chi connectivity index (χ4v) is 3.92. The van der Waals surface area contributed by atoms with Crippen LogP contribution in [-0.2, 0) is 11.3 Å². The highest BCUT2D eigenvalue weighted by molar-refractivity contribution is 5.97. The monoisotopic (exact) mass is 386 g/mol. The molecule has 0 saturated heterocycles. The first kappa shape index (κ1) is 18.2. The number of nitrogens with zero attached hydrogens (tertiary/aromatic N) is 2. The summed E-state index contributed by atoms with van der Waals surface area (Å²) >= 11 is 0.